The van der Waals surface area contributed by atoms with Gasteiger partial charge in [-0.05, 0) is 24.3 Å². The van der Waals surface area contributed by atoms with E-state index >= 15 is 0 Å². The molecule has 0 saturated heterocycles. The monoisotopic (exact) mass is 351 g/mol. The number of nitrogens with zero attached hydrogens (tertiary/aromatic N) is 1. The van der Waals surface area contributed by atoms with Gasteiger partial charge in [-0.15, -0.1) is 0 Å². The summed E-state index contributed by atoms with van der Waals surface area (Å²) in [5.74, 6) is -0.154. The number of nitrogens with one attached hydrogen (secondary N) is 1. The van der Waals surface area contributed by atoms with E-state index in [0.717, 1.165) is 12.1 Å². The molecule has 0 aliphatic heterocycles. The van der Waals surface area contributed by atoms with Crippen molar-refractivity contribution in [2.45, 2.75) is 0 Å². The van der Waals surface area contributed by atoms with E-state index in [1.165, 1.54) is 13.2 Å². The normalized spacial score (nSPS) is 11.1. The number of nitrogens with two attached hydrogens (primary N) is 1. The van der Waals surface area contributed by atoms with E-state index in [9.17, 15) is 8.78 Å². The fourth-order valence-electron chi connectivity index (χ4n) is 2.02. The Balaban J connectivity index is 1.87. The predicted octanol–water partition coefficient (Wildman–Crippen LogP) is 2.79. The minimum Gasteiger partial charge on any atom is -0.493 e. The van der Waals surface area contributed by atoms with E-state index in [0.29, 0.717) is 17.2 Å². The highest BCUT2D eigenvalue weighted by Gasteiger charge is 2.06. The summed E-state index contributed by atoms with van der Waals surface area (Å²) in [4.78, 5) is 4.07. The van der Waals surface area contributed by atoms with Gasteiger partial charge in [0.2, 0.25) is 0 Å². The maximum absolute atomic E-state index is 13.4. The number of hydrogen-bond acceptors (Lipinski definition) is 4. The van der Waals surface area contributed by atoms with Crippen molar-refractivity contribution in [2.75, 3.05) is 32.7 Å². The van der Waals surface area contributed by atoms with E-state index in [2.05, 4.69) is 10.3 Å². The number of rotatable bonds is 7. The number of guanidine groups is 1. The van der Waals surface area contributed by atoms with E-state index in [4.69, 9.17) is 19.9 Å². The van der Waals surface area contributed by atoms with Crippen LogP contribution in [-0.4, -0.2) is 33.3 Å². The fourth-order valence-corrected chi connectivity index (χ4v) is 2.02. The Labute approximate surface area is 144 Å². The maximum Gasteiger partial charge on any atom is 0.193 e. The second kappa shape index (κ2) is 8.72. The molecule has 134 valence electrons. The molecule has 0 saturated carbocycles. The van der Waals surface area contributed by atoms with Gasteiger partial charge in [-0.2, -0.15) is 0 Å². The largest absolute Gasteiger partial charge is 0.493 e. The van der Waals surface area contributed by atoms with Gasteiger partial charge in [-0.1, -0.05) is 0 Å². The van der Waals surface area contributed by atoms with Crippen molar-refractivity contribution in [3.63, 3.8) is 0 Å². The van der Waals surface area contributed by atoms with Crippen molar-refractivity contribution in [1.82, 2.24) is 0 Å². The van der Waals surface area contributed by atoms with Crippen LogP contribution in [0.1, 0.15) is 0 Å². The molecule has 0 amide bonds. The third kappa shape index (κ3) is 5.23. The zero-order chi connectivity index (χ0) is 18.2. The summed E-state index contributed by atoms with van der Waals surface area (Å²) in [5.41, 5.74) is 6.46. The minimum atomic E-state index is -0.764. The highest BCUT2D eigenvalue weighted by Crippen LogP contribution is 2.29. The van der Waals surface area contributed by atoms with Gasteiger partial charge in [0.1, 0.15) is 12.4 Å². The molecule has 6 nitrogen and oxygen atoms in total. The summed E-state index contributed by atoms with van der Waals surface area (Å²) in [5, 5.41) is 2.90. The molecule has 0 heterocycles. The standard InChI is InChI=1S/C17H19F2N3O3/c1-23-15-6-4-12(10-16(15)24-2)22-17(20)21-7-8-25-14-5-3-11(18)9-13(14)19/h3-6,9-10H,7-8H2,1-2H3,(H3,20,21,22). The summed E-state index contributed by atoms with van der Waals surface area (Å²) >= 11 is 0. The Hall–Kier alpha value is -3.03. The van der Waals surface area contributed by atoms with Crippen LogP contribution >= 0.6 is 0 Å². The van der Waals surface area contributed by atoms with Crippen LogP contribution in [-0.2, 0) is 0 Å². The quantitative estimate of drug-likeness (QED) is 0.456. The second-order valence-corrected chi connectivity index (χ2v) is 4.88. The molecular weight excluding hydrogens is 332 g/mol. The van der Waals surface area contributed by atoms with Crippen molar-refractivity contribution in [2.24, 2.45) is 10.7 Å². The Bertz CT molecular complexity index is 754. The van der Waals surface area contributed by atoms with Gasteiger partial charge >= 0.3 is 0 Å². The number of hydrogen-bond donors (Lipinski definition) is 2. The fraction of sp³-hybridized carbons (Fsp3) is 0.235. The number of ether oxygens (including phenoxy) is 3. The van der Waals surface area contributed by atoms with Gasteiger partial charge in [-0.3, -0.25) is 0 Å². The molecule has 0 fully saturated rings. The van der Waals surface area contributed by atoms with E-state index in [1.807, 2.05) is 0 Å². The van der Waals surface area contributed by atoms with Crippen LogP contribution in [0, 0.1) is 11.6 Å². The predicted molar refractivity (Wildman–Crippen MR) is 91.5 cm³/mol. The first-order valence-electron chi connectivity index (χ1n) is 7.40. The third-order valence-corrected chi connectivity index (χ3v) is 3.18. The first kappa shape index (κ1) is 18.3. The van der Waals surface area contributed by atoms with Crippen LogP contribution in [0.5, 0.6) is 17.2 Å². The third-order valence-electron chi connectivity index (χ3n) is 3.18. The zero-order valence-corrected chi connectivity index (χ0v) is 13.9. The van der Waals surface area contributed by atoms with E-state index < -0.39 is 11.6 Å². The average molecular weight is 351 g/mol. The lowest BCUT2D eigenvalue weighted by Gasteiger charge is -2.11. The van der Waals surface area contributed by atoms with Gasteiger partial charge in [0, 0.05) is 17.8 Å². The Kier molecular flexibility index (Phi) is 6.39. The van der Waals surface area contributed by atoms with Gasteiger partial charge in [0.05, 0.1) is 20.8 Å². The van der Waals surface area contributed by atoms with Crippen molar-refractivity contribution < 1.29 is 23.0 Å². The van der Waals surface area contributed by atoms with Crippen LogP contribution in [0.3, 0.4) is 0 Å². The molecule has 0 spiro atoms. The van der Waals surface area contributed by atoms with Crippen molar-refractivity contribution in [1.29, 1.82) is 0 Å². The maximum atomic E-state index is 13.4. The van der Waals surface area contributed by atoms with E-state index in [1.54, 1.807) is 25.3 Å². The zero-order valence-electron chi connectivity index (χ0n) is 13.9. The molecule has 8 heteroatoms. The Morgan fingerprint density at radius 3 is 2.44 bits per heavy atom. The molecular formula is C17H19F2N3O3. The molecule has 3 N–H and O–H groups in total. The first-order chi connectivity index (χ1) is 12.0. The molecule has 0 atom stereocenters. The smallest absolute Gasteiger partial charge is 0.193 e. The summed E-state index contributed by atoms with van der Waals surface area (Å²) in [7, 11) is 3.08. The summed E-state index contributed by atoms with van der Waals surface area (Å²) < 4.78 is 41.7. The molecule has 0 radical (unpaired) electrons. The summed E-state index contributed by atoms with van der Waals surface area (Å²) in [6.45, 7) is 0.291. The number of benzene rings is 2. The van der Waals surface area contributed by atoms with Crippen molar-refractivity contribution in [3.05, 3.63) is 48.0 Å². The second-order valence-electron chi connectivity index (χ2n) is 4.88. The van der Waals surface area contributed by atoms with Crippen LogP contribution in [0.4, 0.5) is 14.5 Å². The molecule has 2 aromatic rings. The molecule has 0 unspecified atom stereocenters. The lowest BCUT2D eigenvalue weighted by Crippen LogP contribution is -2.23. The average Bonchev–Trinajstić information content (AvgIpc) is 2.60. The van der Waals surface area contributed by atoms with Crippen LogP contribution in [0.15, 0.2) is 41.4 Å². The lowest BCUT2D eigenvalue weighted by atomic mass is 10.3. The SMILES string of the molecule is COc1ccc(NC(N)=NCCOc2ccc(F)cc2F)cc1OC. The van der Waals surface area contributed by atoms with Crippen molar-refractivity contribution in [3.8, 4) is 17.2 Å². The Morgan fingerprint density at radius 1 is 1.04 bits per heavy atom. The molecule has 25 heavy (non-hydrogen) atoms. The van der Waals surface area contributed by atoms with Crippen molar-refractivity contribution >= 4 is 11.6 Å². The summed E-state index contributed by atoms with van der Waals surface area (Å²) in [6, 6.07) is 8.30. The lowest BCUT2D eigenvalue weighted by molar-refractivity contribution is 0.310. The molecule has 0 aromatic heterocycles. The topological polar surface area (TPSA) is 78.1 Å². The molecule has 2 aromatic carbocycles. The molecule has 0 aliphatic carbocycles. The van der Waals surface area contributed by atoms with Crippen LogP contribution in [0.2, 0.25) is 0 Å². The minimum absolute atomic E-state index is 0.0389. The first-order valence-corrected chi connectivity index (χ1v) is 7.40. The molecule has 0 aliphatic rings. The van der Waals surface area contributed by atoms with Crippen LogP contribution in [0.25, 0.3) is 0 Å². The Morgan fingerprint density at radius 2 is 1.76 bits per heavy atom. The van der Waals surface area contributed by atoms with Gasteiger partial charge < -0.3 is 25.3 Å². The summed E-state index contributed by atoms with van der Waals surface area (Å²) in [6.07, 6.45) is 0. The number of aliphatic imine (C=N–C) groups is 1. The van der Waals surface area contributed by atoms with Gasteiger partial charge in [-0.25, -0.2) is 13.8 Å². The number of anilines is 1. The van der Waals surface area contributed by atoms with Gasteiger partial charge in [0.25, 0.3) is 0 Å². The van der Waals surface area contributed by atoms with E-state index in [-0.39, 0.29) is 24.9 Å². The van der Waals surface area contributed by atoms with Gasteiger partial charge in [0.15, 0.2) is 29.0 Å². The highest BCUT2D eigenvalue weighted by molar-refractivity contribution is 5.92. The van der Waals surface area contributed by atoms with Crippen LogP contribution < -0.4 is 25.3 Å². The molecule has 0 bridgehead atoms. The number of halogens is 2. The number of methoxy groups -OCH3 is 2. The highest BCUT2D eigenvalue weighted by atomic mass is 19.1. The molecule has 2 rings (SSSR count).